The van der Waals surface area contributed by atoms with Crippen molar-refractivity contribution in [2.24, 2.45) is 0 Å². The molecule has 0 fully saturated rings. The zero-order chi connectivity index (χ0) is 12.1. The molecule has 2 rings (SSSR count). The maximum absolute atomic E-state index is 11.6. The van der Waals surface area contributed by atoms with E-state index >= 15 is 0 Å². The van der Waals surface area contributed by atoms with Gasteiger partial charge in [0.2, 0.25) is 0 Å². The summed E-state index contributed by atoms with van der Waals surface area (Å²) in [5, 5.41) is 0. The van der Waals surface area contributed by atoms with E-state index in [4.69, 9.17) is 4.74 Å². The van der Waals surface area contributed by atoms with Crippen molar-refractivity contribution in [1.82, 2.24) is 4.57 Å². The van der Waals surface area contributed by atoms with Crippen molar-refractivity contribution in [3.8, 4) is 0 Å². The normalized spacial score (nSPS) is 9.88. The first-order chi connectivity index (χ1) is 8.31. The molecule has 1 aromatic heterocycles. The second kappa shape index (κ2) is 5.12. The van der Waals surface area contributed by atoms with Crippen LogP contribution in [0, 0.1) is 0 Å². The van der Waals surface area contributed by atoms with Crippen LogP contribution in [-0.4, -0.2) is 16.9 Å². The first kappa shape index (κ1) is 11.1. The van der Waals surface area contributed by atoms with Crippen molar-refractivity contribution in [2.45, 2.75) is 6.61 Å². The van der Waals surface area contributed by atoms with Crippen LogP contribution < -0.4 is 0 Å². The second-order valence-corrected chi connectivity index (χ2v) is 3.46. The van der Waals surface area contributed by atoms with Crippen molar-refractivity contribution in [3.05, 3.63) is 59.9 Å². The van der Waals surface area contributed by atoms with Crippen LogP contribution >= 0.6 is 0 Å². The fraction of sp³-hybridized carbons (Fsp3) is 0.0769. The first-order valence-electron chi connectivity index (χ1n) is 5.15. The van der Waals surface area contributed by atoms with Gasteiger partial charge in [-0.2, -0.15) is 0 Å². The van der Waals surface area contributed by atoms with Crippen LogP contribution in [0.1, 0.15) is 16.1 Å². The molecule has 0 aliphatic carbocycles. The van der Waals surface area contributed by atoms with Gasteiger partial charge in [-0.3, -0.25) is 4.79 Å². The molecule has 0 N–H and O–H groups in total. The number of rotatable bonds is 3. The molecule has 0 bridgehead atoms. The summed E-state index contributed by atoms with van der Waals surface area (Å²) < 4.78 is 6.26. The summed E-state index contributed by atoms with van der Waals surface area (Å²) in [4.78, 5) is 22.3. The Balaban J connectivity index is 2.01. The zero-order valence-corrected chi connectivity index (χ0v) is 9.08. The van der Waals surface area contributed by atoms with Gasteiger partial charge in [0.25, 0.3) is 0 Å². The SMILES string of the molecule is O=Cc1cccn1C(=O)OCc1ccccc1. The topological polar surface area (TPSA) is 48.3 Å². The second-order valence-electron chi connectivity index (χ2n) is 3.46. The third-order valence-corrected chi connectivity index (χ3v) is 2.30. The first-order valence-corrected chi connectivity index (χ1v) is 5.15. The summed E-state index contributed by atoms with van der Waals surface area (Å²) in [5.74, 6) is 0. The Hall–Kier alpha value is -2.36. The highest BCUT2D eigenvalue weighted by Crippen LogP contribution is 2.04. The number of benzene rings is 1. The molecule has 1 heterocycles. The minimum Gasteiger partial charge on any atom is -0.444 e. The number of aldehydes is 1. The van der Waals surface area contributed by atoms with Crippen LogP contribution in [0.5, 0.6) is 0 Å². The number of ether oxygens (including phenoxy) is 1. The van der Waals surface area contributed by atoms with Crippen LogP contribution in [0.2, 0.25) is 0 Å². The molecule has 0 saturated heterocycles. The lowest BCUT2D eigenvalue weighted by Gasteiger charge is -2.06. The molecule has 0 aliphatic heterocycles. The fourth-order valence-corrected chi connectivity index (χ4v) is 1.45. The summed E-state index contributed by atoms with van der Waals surface area (Å²) in [6, 6.07) is 12.5. The smallest absolute Gasteiger partial charge is 0.418 e. The highest BCUT2D eigenvalue weighted by atomic mass is 16.5. The van der Waals surface area contributed by atoms with Crippen molar-refractivity contribution in [3.63, 3.8) is 0 Å². The average molecular weight is 229 g/mol. The Kier molecular flexibility index (Phi) is 3.35. The number of nitrogens with zero attached hydrogens (tertiary/aromatic N) is 1. The van der Waals surface area contributed by atoms with Crippen LogP contribution in [-0.2, 0) is 11.3 Å². The molecule has 0 saturated carbocycles. The fourth-order valence-electron chi connectivity index (χ4n) is 1.45. The molecule has 4 heteroatoms. The predicted octanol–water partition coefficient (Wildman–Crippen LogP) is 2.49. The van der Waals surface area contributed by atoms with E-state index in [9.17, 15) is 9.59 Å². The maximum atomic E-state index is 11.6. The molecule has 4 nitrogen and oxygen atoms in total. The van der Waals surface area contributed by atoms with Gasteiger partial charge in [0.1, 0.15) is 6.61 Å². The minimum atomic E-state index is -0.555. The molecule has 0 atom stereocenters. The maximum Gasteiger partial charge on any atom is 0.418 e. The molecular formula is C13H11NO3. The van der Waals surface area contributed by atoms with Crippen molar-refractivity contribution >= 4 is 12.4 Å². The Labute approximate surface area is 98.4 Å². The van der Waals surface area contributed by atoms with E-state index in [2.05, 4.69) is 0 Å². The molecule has 0 unspecified atom stereocenters. The third-order valence-electron chi connectivity index (χ3n) is 2.30. The molecule has 0 spiro atoms. The molecule has 0 aliphatic rings. The number of hydrogen-bond acceptors (Lipinski definition) is 3. The van der Waals surface area contributed by atoms with Gasteiger partial charge in [0.05, 0.1) is 5.69 Å². The monoisotopic (exact) mass is 229 g/mol. The Morgan fingerprint density at radius 1 is 1.18 bits per heavy atom. The lowest BCUT2D eigenvalue weighted by atomic mass is 10.2. The van der Waals surface area contributed by atoms with Gasteiger partial charge in [-0.05, 0) is 17.7 Å². The van der Waals surface area contributed by atoms with E-state index in [0.29, 0.717) is 6.29 Å². The summed E-state index contributed by atoms with van der Waals surface area (Å²) in [6.45, 7) is 0.191. The highest BCUT2D eigenvalue weighted by Gasteiger charge is 2.09. The summed E-state index contributed by atoms with van der Waals surface area (Å²) in [6.07, 6.45) is 1.56. The molecule has 0 radical (unpaired) electrons. The van der Waals surface area contributed by atoms with Crippen LogP contribution in [0.15, 0.2) is 48.7 Å². The largest absolute Gasteiger partial charge is 0.444 e. The van der Waals surface area contributed by atoms with Gasteiger partial charge in [-0.15, -0.1) is 0 Å². The average Bonchev–Trinajstić information content (AvgIpc) is 2.85. The van der Waals surface area contributed by atoms with Crippen molar-refractivity contribution < 1.29 is 14.3 Å². The predicted molar refractivity (Wildman–Crippen MR) is 61.8 cm³/mol. The van der Waals surface area contributed by atoms with E-state index in [1.807, 2.05) is 30.3 Å². The Morgan fingerprint density at radius 3 is 2.65 bits per heavy atom. The molecule has 17 heavy (non-hydrogen) atoms. The van der Waals surface area contributed by atoms with Crippen LogP contribution in [0.25, 0.3) is 0 Å². The van der Waals surface area contributed by atoms with Crippen LogP contribution in [0.4, 0.5) is 4.79 Å². The minimum absolute atomic E-state index is 0.191. The van der Waals surface area contributed by atoms with Gasteiger partial charge in [0.15, 0.2) is 6.29 Å². The lowest BCUT2D eigenvalue weighted by molar-refractivity contribution is 0.110. The van der Waals surface area contributed by atoms with Gasteiger partial charge in [-0.25, -0.2) is 9.36 Å². The Bertz CT molecular complexity index is 516. The van der Waals surface area contributed by atoms with Gasteiger partial charge >= 0.3 is 6.09 Å². The molecular weight excluding hydrogens is 218 g/mol. The number of carbonyl (C=O) groups is 2. The lowest BCUT2D eigenvalue weighted by Crippen LogP contribution is -2.14. The third kappa shape index (κ3) is 2.60. The quantitative estimate of drug-likeness (QED) is 0.760. The number of carbonyl (C=O) groups excluding carboxylic acids is 2. The zero-order valence-electron chi connectivity index (χ0n) is 9.08. The highest BCUT2D eigenvalue weighted by molar-refractivity contribution is 5.82. The summed E-state index contributed by atoms with van der Waals surface area (Å²) >= 11 is 0. The number of hydrogen-bond donors (Lipinski definition) is 0. The van der Waals surface area contributed by atoms with Gasteiger partial charge < -0.3 is 4.74 Å². The van der Waals surface area contributed by atoms with E-state index in [0.717, 1.165) is 5.56 Å². The summed E-state index contributed by atoms with van der Waals surface area (Å²) in [7, 11) is 0. The van der Waals surface area contributed by atoms with Gasteiger partial charge in [-0.1, -0.05) is 30.3 Å². The molecule has 0 amide bonds. The molecule has 2 aromatic rings. The van der Waals surface area contributed by atoms with Crippen LogP contribution in [0.3, 0.4) is 0 Å². The van der Waals surface area contributed by atoms with E-state index < -0.39 is 6.09 Å². The van der Waals surface area contributed by atoms with Crippen molar-refractivity contribution in [1.29, 1.82) is 0 Å². The van der Waals surface area contributed by atoms with E-state index in [-0.39, 0.29) is 12.3 Å². The Morgan fingerprint density at radius 2 is 1.94 bits per heavy atom. The van der Waals surface area contributed by atoms with E-state index in [1.165, 1.54) is 10.8 Å². The standard InChI is InChI=1S/C13H11NO3/c15-9-12-7-4-8-14(12)13(16)17-10-11-5-2-1-3-6-11/h1-9H,10H2. The number of aromatic nitrogens is 1. The van der Waals surface area contributed by atoms with Crippen molar-refractivity contribution in [2.75, 3.05) is 0 Å². The molecule has 1 aromatic carbocycles. The van der Waals surface area contributed by atoms with E-state index in [1.54, 1.807) is 12.1 Å². The molecule has 86 valence electrons. The summed E-state index contributed by atoms with van der Waals surface area (Å²) in [5.41, 5.74) is 1.18. The van der Waals surface area contributed by atoms with Gasteiger partial charge in [0, 0.05) is 6.20 Å².